The van der Waals surface area contributed by atoms with Gasteiger partial charge in [0.1, 0.15) is 16.7 Å². The number of anilines is 1. The van der Waals surface area contributed by atoms with Gasteiger partial charge in [0.2, 0.25) is 5.95 Å². The van der Waals surface area contributed by atoms with E-state index in [0.29, 0.717) is 28.1 Å². The molecule has 0 spiro atoms. The van der Waals surface area contributed by atoms with E-state index >= 15 is 0 Å². The average molecular weight is 327 g/mol. The number of hydrogen-bond acceptors (Lipinski definition) is 6. The van der Waals surface area contributed by atoms with Crippen LogP contribution in [0.1, 0.15) is 16.2 Å². The molecular weight excluding hydrogens is 316 g/mol. The van der Waals surface area contributed by atoms with Crippen molar-refractivity contribution in [2.45, 2.75) is 6.92 Å². The van der Waals surface area contributed by atoms with Crippen LogP contribution < -0.4 is 5.32 Å². The Bertz CT molecular complexity index is 838. The fourth-order valence-corrected chi connectivity index (χ4v) is 1.94. The van der Waals surface area contributed by atoms with Gasteiger partial charge in [-0.1, -0.05) is 17.7 Å². The first kappa shape index (κ1) is 15.0. The fourth-order valence-electron chi connectivity index (χ4n) is 1.83. The van der Waals surface area contributed by atoms with Gasteiger partial charge in [0, 0.05) is 12.4 Å². The van der Waals surface area contributed by atoms with E-state index in [1.54, 1.807) is 31.3 Å². The number of rotatable bonds is 3. The third-order valence-corrected chi connectivity index (χ3v) is 3.08. The normalized spacial score (nSPS) is 10.3. The van der Waals surface area contributed by atoms with Crippen LogP contribution in [0.5, 0.6) is 0 Å². The van der Waals surface area contributed by atoms with Crippen molar-refractivity contribution in [3.63, 3.8) is 0 Å². The van der Waals surface area contributed by atoms with E-state index in [1.807, 2.05) is 6.07 Å². The first-order valence-electron chi connectivity index (χ1n) is 6.69. The van der Waals surface area contributed by atoms with Crippen LogP contribution in [0.2, 0.25) is 5.15 Å². The molecule has 7 nitrogen and oxygen atoms in total. The molecule has 3 rings (SSSR count). The molecule has 0 aromatic carbocycles. The van der Waals surface area contributed by atoms with Gasteiger partial charge < -0.3 is 0 Å². The van der Waals surface area contributed by atoms with Crippen LogP contribution in [0.4, 0.5) is 5.95 Å². The summed E-state index contributed by atoms with van der Waals surface area (Å²) < 4.78 is 0. The molecule has 0 radical (unpaired) electrons. The van der Waals surface area contributed by atoms with Gasteiger partial charge in [0.05, 0.1) is 5.56 Å². The number of halogens is 1. The van der Waals surface area contributed by atoms with Crippen LogP contribution in [0, 0.1) is 6.92 Å². The van der Waals surface area contributed by atoms with Crippen molar-refractivity contribution in [1.82, 2.24) is 24.9 Å². The number of carbonyl (C=O) groups excluding carboxylic acids is 1. The van der Waals surface area contributed by atoms with E-state index in [2.05, 4.69) is 30.2 Å². The van der Waals surface area contributed by atoms with Crippen LogP contribution in [0.3, 0.4) is 0 Å². The second kappa shape index (κ2) is 6.45. The molecule has 3 heterocycles. The lowest BCUT2D eigenvalue weighted by Gasteiger charge is -2.06. The van der Waals surface area contributed by atoms with Gasteiger partial charge in [-0.15, -0.1) is 0 Å². The maximum Gasteiger partial charge on any atom is 0.259 e. The summed E-state index contributed by atoms with van der Waals surface area (Å²) in [6.07, 6.45) is 3.03. The second-order valence-electron chi connectivity index (χ2n) is 4.57. The number of nitrogens with zero attached hydrogens (tertiary/aromatic N) is 5. The van der Waals surface area contributed by atoms with Gasteiger partial charge in [0.25, 0.3) is 5.91 Å². The highest BCUT2D eigenvalue weighted by Crippen LogP contribution is 2.14. The Morgan fingerprint density at radius 3 is 2.65 bits per heavy atom. The van der Waals surface area contributed by atoms with Crippen molar-refractivity contribution in [3.05, 3.63) is 59.3 Å². The Morgan fingerprint density at radius 2 is 1.96 bits per heavy atom. The van der Waals surface area contributed by atoms with E-state index in [9.17, 15) is 4.79 Å². The predicted octanol–water partition coefficient (Wildman–Crippen LogP) is 2.54. The maximum absolute atomic E-state index is 12.2. The molecule has 3 aromatic rings. The van der Waals surface area contributed by atoms with Crippen molar-refractivity contribution in [3.8, 4) is 11.5 Å². The number of pyridine rings is 2. The molecule has 0 saturated heterocycles. The lowest BCUT2D eigenvalue weighted by molar-refractivity contribution is 0.102. The fraction of sp³-hybridized carbons (Fsp3) is 0.0667. The summed E-state index contributed by atoms with van der Waals surface area (Å²) in [5.41, 5.74) is 0.952. The Hall–Kier alpha value is -2.93. The van der Waals surface area contributed by atoms with Gasteiger partial charge in [-0.25, -0.2) is 9.97 Å². The average Bonchev–Trinajstić information content (AvgIpc) is 2.55. The zero-order chi connectivity index (χ0) is 16.2. The van der Waals surface area contributed by atoms with Crippen molar-refractivity contribution < 1.29 is 4.79 Å². The summed E-state index contributed by atoms with van der Waals surface area (Å²) in [5, 5.41) is 2.93. The summed E-state index contributed by atoms with van der Waals surface area (Å²) in [5.74, 6) is 0.637. The number of nitrogens with one attached hydrogen (secondary N) is 1. The molecule has 0 aliphatic rings. The zero-order valence-electron chi connectivity index (χ0n) is 12.1. The second-order valence-corrected chi connectivity index (χ2v) is 4.96. The minimum atomic E-state index is -0.383. The summed E-state index contributed by atoms with van der Waals surface area (Å²) >= 11 is 5.70. The minimum Gasteiger partial charge on any atom is -0.290 e. The molecule has 3 aromatic heterocycles. The Morgan fingerprint density at radius 1 is 1.09 bits per heavy atom. The zero-order valence-corrected chi connectivity index (χ0v) is 12.8. The van der Waals surface area contributed by atoms with E-state index < -0.39 is 0 Å². The Kier molecular flexibility index (Phi) is 4.20. The summed E-state index contributed by atoms with van der Waals surface area (Å²) in [4.78, 5) is 32.8. The van der Waals surface area contributed by atoms with Gasteiger partial charge >= 0.3 is 0 Å². The SMILES string of the molecule is Cc1nc(NC(=O)c2ccc(Cl)nc2)nc(-c2ccccn2)n1. The van der Waals surface area contributed by atoms with Crippen molar-refractivity contribution in [1.29, 1.82) is 0 Å². The summed E-state index contributed by atoms with van der Waals surface area (Å²) in [7, 11) is 0. The topological polar surface area (TPSA) is 93.6 Å². The molecule has 8 heteroatoms. The first-order chi connectivity index (χ1) is 11.1. The number of carbonyl (C=O) groups is 1. The first-order valence-corrected chi connectivity index (χ1v) is 7.06. The van der Waals surface area contributed by atoms with Crippen LogP contribution >= 0.6 is 11.6 Å². The lowest BCUT2D eigenvalue weighted by atomic mass is 10.3. The van der Waals surface area contributed by atoms with Crippen LogP contribution in [-0.4, -0.2) is 30.8 Å². The standard InChI is InChI=1S/C15H11ClN6O/c1-9-19-13(11-4-2-3-7-17-11)21-15(20-9)22-14(23)10-5-6-12(16)18-8-10/h2-8H,1H3,(H,19,20,21,22,23). The van der Waals surface area contributed by atoms with E-state index in [-0.39, 0.29) is 11.9 Å². The Labute approximate surface area is 136 Å². The third kappa shape index (κ3) is 3.64. The van der Waals surface area contributed by atoms with Gasteiger partial charge in [-0.3, -0.25) is 15.1 Å². The van der Waals surface area contributed by atoms with Crippen molar-refractivity contribution >= 4 is 23.5 Å². The highest BCUT2D eigenvalue weighted by Gasteiger charge is 2.11. The van der Waals surface area contributed by atoms with Gasteiger partial charge in [-0.2, -0.15) is 9.97 Å². The van der Waals surface area contributed by atoms with Crippen LogP contribution in [0.25, 0.3) is 11.5 Å². The lowest BCUT2D eigenvalue weighted by Crippen LogP contribution is -2.15. The molecule has 0 aliphatic carbocycles. The van der Waals surface area contributed by atoms with Crippen molar-refractivity contribution in [2.75, 3.05) is 5.32 Å². The molecule has 1 N–H and O–H groups in total. The molecule has 23 heavy (non-hydrogen) atoms. The van der Waals surface area contributed by atoms with Crippen LogP contribution in [0.15, 0.2) is 42.7 Å². The molecule has 0 fully saturated rings. The molecule has 0 bridgehead atoms. The number of aryl methyl sites for hydroxylation is 1. The molecule has 1 amide bonds. The van der Waals surface area contributed by atoms with Gasteiger partial charge in [-0.05, 0) is 31.2 Å². The van der Waals surface area contributed by atoms with E-state index in [1.165, 1.54) is 12.3 Å². The highest BCUT2D eigenvalue weighted by atomic mass is 35.5. The predicted molar refractivity (Wildman–Crippen MR) is 85.0 cm³/mol. The van der Waals surface area contributed by atoms with E-state index in [4.69, 9.17) is 11.6 Å². The van der Waals surface area contributed by atoms with E-state index in [0.717, 1.165) is 0 Å². The number of hydrogen-bond donors (Lipinski definition) is 1. The monoisotopic (exact) mass is 326 g/mol. The van der Waals surface area contributed by atoms with Crippen LogP contribution in [-0.2, 0) is 0 Å². The number of amides is 1. The van der Waals surface area contributed by atoms with Gasteiger partial charge in [0.15, 0.2) is 5.82 Å². The third-order valence-electron chi connectivity index (χ3n) is 2.86. The Balaban J connectivity index is 1.87. The molecule has 0 saturated carbocycles. The van der Waals surface area contributed by atoms with Crippen molar-refractivity contribution in [2.24, 2.45) is 0 Å². The molecule has 0 unspecified atom stereocenters. The molecular formula is C15H11ClN6O. The number of aromatic nitrogens is 5. The quantitative estimate of drug-likeness (QED) is 0.743. The summed E-state index contributed by atoms with van der Waals surface area (Å²) in [6, 6.07) is 8.52. The molecule has 0 atom stereocenters. The smallest absolute Gasteiger partial charge is 0.259 e. The molecule has 0 aliphatic heterocycles. The maximum atomic E-state index is 12.2. The highest BCUT2D eigenvalue weighted by molar-refractivity contribution is 6.29. The summed E-state index contributed by atoms with van der Waals surface area (Å²) in [6.45, 7) is 1.72. The minimum absolute atomic E-state index is 0.151. The molecule has 114 valence electrons. The largest absolute Gasteiger partial charge is 0.290 e.